The predicted molar refractivity (Wildman–Crippen MR) is 65.2 cm³/mol. The van der Waals surface area contributed by atoms with Crippen LogP contribution in [0.2, 0.25) is 0 Å². The summed E-state index contributed by atoms with van der Waals surface area (Å²) < 4.78 is 6.58. The zero-order chi connectivity index (χ0) is 14.0. The van der Waals surface area contributed by atoms with Gasteiger partial charge in [-0.3, -0.25) is 24.5 Å². The van der Waals surface area contributed by atoms with Crippen molar-refractivity contribution in [3.63, 3.8) is 0 Å². The van der Waals surface area contributed by atoms with Crippen molar-refractivity contribution in [3.05, 3.63) is 37.1 Å². The van der Waals surface area contributed by atoms with E-state index in [1.165, 1.54) is 0 Å². The number of ether oxygens (including phenoxy) is 1. The molecule has 104 valence electrons. The fraction of sp³-hybridized carbons (Fsp3) is 0.600. The minimum absolute atomic E-state index is 0.167. The smallest absolute Gasteiger partial charge is 0.350 e. The van der Waals surface area contributed by atoms with Crippen LogP contribution in [0, 0.1) is 10.1 Å². The lowest BCUT2D eigenvalue weighted by Crippen LogP contribution is -2.44. The third kappa shape index (κ3) is 3.06. The second-order valence-electron chi connectivity index (χ2n) is 4.44. The first kappa shape index (κ1) is 13.4. The number of hydrogen-bond donors (Lipinski definition) is 1. The van der Waals surface area contributed by atoms with Gasteiger partial charge in [-0.05, 0) is 7.05 Å². The van der Waals surface area contributed by atoms with Gasteiger partial charge in [-0.25, -0.2) is 4.79 Å². The highest BCUT2D eigenvalue weighted by molar-refractivity contribution is 5.20. The lowest BCUT2D eigenvalue weighted by Gasteiger charge is -2.30. The summed E-state index contributed by atoms with van der Waals surface area (Å²) in [5, 5.41) is 10.7. The second-order valence-corrected chi connectivity index (χ2v) is 4.44. The molecule has 9 nitrogen and oxygen atoms in total. The number of nitrogens with zero attached hydrogens (tertiary/aromatic N) is 3. The lowest BCUT2D eigenvalue weighted by atomic mass is 10.3. The molecule has 0 saturated carbocycles. The molecule has 2 rings (SSSR count). The maximum Gasteiger partial charge on any atom is 0.350 e. The van der Waals surface area contributed by atoms with Crippen LogP contribution in [0.3, 0.4) is 0 Å². The van der Waals surface area contributed by atoms with Crippen LogP contribution in [-0.4, -0.2) is 52.2 Å². The van der Waals surface area contributed by atoms with Crippen LogP contribution in [0.1, 0.15) is 0 Å². The number of rotatable bonds is 3. The van der Waals surface area contributed by atoms with Crippen molar-refractivity contribution >= 4 is 5.69 Å². The van der Waals surface area contributed by atoms with Crippen LogP contribution in [0.4, 0.5) is 5.69 Å². The molecule has 1 aliphatic rings. The number of H-pyrrole nitrogens is 1. The molecular formula is C10H14N4O5. The summed E-state index contributed by atoms with van der Waals surface area (Å²) in [6.07, 6.45) is 0.723. The van der Waals surface area contributed by atoms with Crippen LogP contribution in [0.15, 0.2) is 15.8 Å². The summed E-state index contributed by atoms with van der Waals surface area (Å²) in [6, 6.07) is 0. The summed E-state index contributed by atoms with van der Waals surface area (Å²) in [4.78, 5) is 36.6. The van der Waals surface area contributed by atoms with Crippen molar-refractivity contribution in [1.82, 2.24) is 14.5 Å². The third-order valence-electron chi connectivity index (χ3n) is 2.93. The molecule has 1 fully saturated rings. The number of aromatic amines is 1. The molecule has 1 atom stereocenters. The van der Waals surface area contributed by atoms with Crippen LogP contribution < -0.4 is 11.2 Å². The Morgan fingerprint density at radius 3 is 2.95 bits per heavy atom. The molecule has 0 bridgehead atoms. The van der Waals surface area contributed by atoms with Gasteiger partial charge in [0.05, 0.1) is 30.4 Å². The largest absolute Gasteiger partial charge is 0.374 e. The third-order valence-corrected chi connectivity index (χ3v) is 2.93. The van der Waals surface area contributed by atoms with Gasteiger partial charge in [0, 0.05) is 13.1 Å². The Bertz CT molecular complexity index is 592. The Balaban J connectivity index is 2.25. The van der Waals surface area contributed by atoms with Gasteiger partial charge in [0.15, 0.2) is 0 Å². The Morgan fingerprint density at radius 2 is 2.32 bits per heavy atom. The predicted octanol–water partition coefficient (Wildman–Crippen LogP) is -1.22. The van der Waals surface area contributed by atoms with E-state index in [9.17, 15) is 19.7 Å². The van der Waals surface area contributed by atoms with E-state index in [2.05, 4.69) is 0 Å². The average molecular weight is 270 g/mol. The van der Waals surface area contributed by atoms with Crippen molar-refractivity contribution in [2.24, 2.45) is 0 Å². The molecule has 1 aromatic rings. The summed E-state index contributed by atoms with van der Waals surface area (Å²) in [6.45, 7) is 2.14. The first-order valence-electron chi connectivity index (χ1n) is 5.75. The van der Waals surface area contributed by atoms with Gasteiger partial charge >= 0.3 is 16.9 Å². The van der Waals surface area contributed by atoms with E-state index >= 15 is 0 Å². The van der Waals surface area contributed by atoms with E-state index in [4.69, 9.17) is 4.74 Å². The van der Waals surface area contributed by atoms with Crippen molar-refractivity contribution in [2.45, 2.75) is 12.6 Å². The SMILES string of the molecule is CN1CCOC(Cn2cc([N+](=O)[O-])c(=O)[nH]c2=O)C1. The molecule has 1 aliphatic heterocycles. The van der Waals surface area contributed by atoms with Gasteiger partial charge in [-0.1, -0.05) is 0 Å². The van der Waals surface area contributed by atoms with Crippen molar-refractivity contribution in [3.8, 4) is 0 Å². The normalized spacial score (nSPS) is 20.4. The number of hydrogen-bond acceptors (Lipinski definition) is 6. The number of nitro groups is 1. The Labute approximate surface area is 107 Å². The molecule has 0 spiro atoms. The lowest BCUT2D eigenvalue weighted by molar-refractivity contribution is -0.386. The molecule has 0 radical (unpaired) electrons. The average Bonchev–Trinajstić information content (AvgIpc) is 2.32. The number of morpholine rings is 1. The van der Waals surface area contributed by atoms with E-state index < -0.39 is 21.9 Å². The molecule has 1 aromatic heterocycles. The minimum Gasteiger partial charge on any atom is -0.374 e. The molecule has 0 aliphatic carbocycles. The molecule has 0 amide bonds. The zero-order valence-corrected chi connectivity index (χ0v) is 10.4. The van der Waals surface area contributed by atoms with Crippen LogP contribution in [-0.2, 0) is 11.3 Å². The van der Waals surface area contributed by atoms with Crippen LogP contribution >= 0.6 is 0 Å². The summed E-state index contributed by atoms with van der Waals surface area (Å²) in [7, 11) is 1.92. The Morgan fingerprint density at radius 1 is 1.58 bits per heavy atom. The summed E-state index contributed by atoms with van der Waals surface area (Å²) in [5.41, 5.74) is -2.32. The number of aromatic nitrogens is 2. The molecule has 1 saturated heterocycles. The Kier molecular flexibility index (Phi) is 3.76. The van der Waals surface area contributed by atoms with Crippen molar-refractivity contribution < 1.29 is 9.66 Å². The molecular weight excluding hydrogens is 256 g/mol. The highest BCUT2D eigenvalue weighted by Crippen LogP contribution is 2.06. The molecule has 19 heavy (non-hydrogen) atoms. The topological polar surface area (TPSA) is 110 Å². The minimum atomic E-state index is -0.993. The standard InChI is InChI=1S/C10H14N4O5/c1-12-2-3-19-7(4-12)5-13-6-8(14(17)18)9(15)11-10(13)16/h6-7H,2-5H2,1H3,(H,11,15,16). The van der Waals surface area contributed by atoms with Crippen LogP contribution in [0.25, 0.3) is 0 Å². The molecule has 1 N–H and O–H groups in total. The van der Waals surface area contributed by atoms with Gasteiger partial charge in [-0.2, -0.15) is 0 Å². The van der Waals surface area contributed by atoms with E-state index in [0.29, 0.717) is 13.2 Å². The van der Waals surface area contributed by atoms with Crippen molar-refractivity contribution in [2.75, 3.05) is 26.7 Å². The summed E-state index contributed by atoms with van der Waals surface area (Å²) >= 11 is 0. The molecule has 0 aromatic carbocycles. The molecule has 2 heterocycles. The first-order chi connectivity index (χ1) is 8.97. The highest BCUT2D eigenvalue weighted by Gasteiger charge is 2.21. The fourth-order valence-corrected chi connectivity index (χ4v) is 1.96. The number of nitrogens with one attached hydrogen (secondary N) is 1. The highest BCUT2D eigenvalue weighted by atomic mass is 16.6. The van der Waals surface area contributed by atoms with Gasteiger partial charge in [0.2, 0.25) is 0 Å². The Hall–Kier alpha value is -2.00. The first-order valence-corrected chi connectivity index (χ1v) is 5.75. The van der Waals surface area contributed by atoms with E-state index in [1.54, 1.807) is 0 Å². The van der Waals surface area contributed by atoms with Crippen LogP contribution in [0.5, 0.6) is 0 Å². The maximum absolute atomic E-state index is 11.6. The maximum atomic E-state index is 11.6. The monoisotopic (exact) mass is 270 g/mol. The fourth-order valence-electron chi connectivity index (χ4n) is 1.96. The van der Waals surface area contributed by atoms with Gasteiger partial charge in [0.25, 0.3) is 0 Å². The number of likely N-dealkylation sites (N-methyl/N-ethyl adjacent to an activating group) is 1. The second kappa shape index (κ2) is 5.33. The zero-order valence-electron chi connectivity index (χ0n) is 10.4. The van der Waals surface area contributed by atoms with Crippen molar-refractivity contribution in [1.29, 1.82) is 0 Å². The molecule has 1 unspecified atom stereocenters. The molecule has 9 heteroatoms. The van der Waals surface area contributed by atoms with E-state index in [-0.39, 0.29) is 12.6 Å². The van der Waals surface area contributed by atoms with E-state index in [0.717, 1.165) is 17.3 Å². The van der Waals surface area contributed by atoms with Gasteiger partial charge in [0.1, 0.15) is 0 Å². The van der Waals surface area contributed by atoms with Gasteiger partial charge < -0.3 is 9.64 Å². The quantitative estimate of drug-likeness (QED) is 0.544. The van der Waals surface area contributed by atoms with Gasteiger partial charge in [-0.15, -0.1) is 0 Å². The summed E-state index contributed by atoms with van der Waals surface area (Å²) in [5.74, 6) is 0. The van der Waals surface area contributed by atoms with E-state index in [1.807, 2.05) is 16.9 Å².